The smallest absolute Gasteiger partial charge is 0.244 e. The van der Waals surface area contributed by atoms with Crippen molar-refractivity contribution in [3.63, 3.8) is 0 Å². The number of carbonyl (C=O) groups excluding carboxylic acids is 2. The molecule has 1 aliphatic rings. The Kier molecular flexibility index (Phi) is 8.30. The zero-order valence-electron chi connectivity index (χ0n) is 19.8. The molecule has 7 nitrogen and oxygen atoms in total. The molecule has 184 valence electrons. The first-order valence-corrected chi connectivity index (χ1v) is 13.3. The van der Waals surface area contributed by atoms with Gasteiger partial charge in [0.2, 0.25) is 21.8 Å². The van der Waals surface area contributed by atoms with Crippen molar-refractivity contribution in [3.8, 4) is 0 Å². The van der Waals surface area contributed by atoms with Crippen LogP contribution in [0.25, 0.3) is 0 Å². The molecule has 2 aromatic carbocycles. The van der Waals surface area contributed by atoms with Crippen LogP contribution in [-0.2, 0) is 26.2 Å². The average molecular weight is 490 g/mol. The topological polar surface area (TPSA) is 86.8 Å². The van der Waals surface area contributed by atoms with E-state index in [4.69, 9.17) is 0 Å². The zero-order valence-corrected chi connectivity index (χ0v) is 20.6. The fourth-order valence-corrected chi connectivity index (χ4v) is 5.08. The van der Waals surface area contributed by atoms with Crippen LogP contribution in [0.5, 0.6) is 0 Å². The maximum absolute atomic E-state index is 14.4. The zero-order chi connectivity index (χ0) is 24.9. The standard InChI is InChI=1S/C25H32FN3O4S/c1-18-9-8-10-20(15-18)16-28(19(2)25(31)27-21-11-4-5-12-21)24(30)17-29(34(3,32)33)23-14-7-6-13-22(23)26/h6-10,13-15,19,21H,4-5,11-12,16-17H2,1-3H3,(H,27,31). The van der Waals surface area contributed by atoms with E-state index in [-0.39, 0.29) is 24.2 Å². The molecule has 1 aliphatic carbocycles. The van der Waals surface area contributed by atoms with E-state index in [1.165, 1.54) is 23.1 Å². The van der Waals surface area contributed by atoms with E-state index in [9.17, 15) is 22.4 Å². The van der Waals surface area contributed by atoms with E-state index in [0.717, 1.165) is 53.4 Å². The number of hydrogen-bond acceptors (Lipinski definition) is 4. The van der Waals surface area contributed by atoms with Crippen LogP contribution in [0.4, 0.5) is 10.1 Å². The molecule has 34 heavy (non-hydrogen) atoms. The first-order valence-electron chi connectivity index (χ1n) is 11.4. The molecule has 3 rings (SSSR count). The molecular formula is C25H32FN3O4S. The van der Waals surface area contributed by atoms with E-state index >= 15 is 0 Å². The van der Waals surface area contributed by atoms with Gasteiger partial charge in [-0.1, -0.05) is 54.8 Å². The van der Waals surface area contributed by atoms with E-state index in [1.54, 1.807) is 6.92 Å². The highest BCUT2D eigenvalue weighted by molar-refractivity contribution is 7.92. The third-order valence-corrected chi connectivity index (χ3v) is 7.23. The lowest BCUT2D eigenvalue weighted by molar-refractivity contribution is -0.139. The summed E-state index contributed by atoms with van der Waals surface area (Å²) in [4.78, 5) is 27.8. The number of sulfonamides is 1. The average Bonchev–Trinajstić information content (AvgIpc) is 3.28. The quantitative estimate of drug-likeness (QED) is 0.585. The van der Waals surface area contributed by atoms with Crippen molar-refractivity contribution in [2.24, 2.45) is 0 Å². The van der Waals surface area contributed by atoms with Crippen molar-refractivity contribution in [1.82, 2.24) is 10.2 Å². The maximum Gasteiger partial charge on any atom is 0.244 e. The Morgan fingerprint density at radius 1 is 1.12 bits per heavy atom. The number of para-hydroxylation sites is 1. The van der Waals surface area contributed by atoms with Gasteiger partial charge in [0.15, 0.2) is 0 Å². The summed E-state index contributed by atoms with van der Waals surface area (Å²) in [6.07, 6.45) is 4.83. The lowest BCUT2D eigenvalue weighted by atomic mass is 10.1. The number of halogens is 1. The van der Waals surface area contributed by atoms with Crippen molar-refractivity contribution < 1.29 is 22.4 Å². The number of benzene rings is 2. The summed E-state index contributed by atoms with van der Waals surface area (Å²) in [5.74, 6) is -1.63. The van der Waals surface area contributed by atoms with E-state index in [1.807, 2.05) is 31.2 Å². The summed E-state index contributed by atoms with van der Waals surface area (Å²) in [6.45, 7) is 3.06. The molecule has 1 N–H and O–H groups in total. The number of carbonyl (C=O) groups is 2. The number of anilines is 1. The summed E-state index contributed by atoms with van der Waals surface area (Å²) < 4.78 is 40.2. The van der Waals surface area contributed by atoms with Gasteiger partial charge in [-0.3, -0.25) is 13.9 Å². The summed E-state index contributed by atoms with van der Waals surface area (Å²) >= 11 is 0. The second kappa shape index (κ2) is 11.0. The molecule has 0 bridgehead atoms. The predicted octanol–water partition coefficient (Wildman–Crippen LogP) is 3.38. The monoisotopic (exact) mass is 489 g/mol. The highest BCUT2D eigenvalue weighted by Crippen LogP contribution is 2.23. The van der Waals surface area contributed by atoms with Crippen LogP contribution in [-0.4, -0.2) is 50.0 Å². The molecule has 9 heteroatoms. The third kappa shape index (κ3) is 6.56. The van der Waals surface area contributed by atoms with Crippen LogP contribution < -0.4 is 9.62 Å². The van der Waals surface area contributed by atoms with Crippen LogP contribution in [0.3, 0.4) is 0 Å². The minimum atomic E-state index is -3.97. The van der Waals surface area contributed by atoms with Crippen molar-refractivity contribution in [2.45, 2.75) is 58.2 Å². The number of hydrogen-bond donors (Lipinski definition) is 1. The molecule has 1 atom stereocenters. The minimum absolute atomic E-state index is 0.0804. The lowest BCUT2D eigenvalue weighted by Gasteiger charge is -2.32. The van der Waals surface area contributed by atoms with Crippen LogP contribution in [0.1, 0.15) is 43.7 Å². The Hall–Kier alpha value is -2.94. The van der Waals surface area contributed by atoms with Crippen molar-refractivity contribution >= 4 is 27.5 Å². The Balaban J connectivity index is 1.89. The molecule has 0 aliphatic heterocycles. The Morgan fingerprint density at radius 3 is 2.41 bits per heavy atom. The van der Waals surface area contributed by atoms with E-state index in [0.29, 0.717) is 0 Å². The van der Waals surface area contributed by atoms with Gasteiger partial charge in [-0.25, -0.2) is 12.8 Å². The van der Waals surface area contributed by atoms with Gasteiger partial charge in [0, 0.05) is 12.6 Å². The van der Waals surface area contributed by atoms with Crippen LogP contribution >= 0.6 is 0 Å². The van der Waals surface area contributed by atoms with Gasteiger partial charge >= 0.3 is 0 Å². The molecule has 0 aromatic heterocycles. The molecule has 1 saturated carbocycles. The largest absolute Gasteiger partial charge is 0.352 e. The van der Waals surface area contributed by atoms with Gasteiger partial charge in [-0.15, -0.1) is 0 Å². The van der Waals surface area contributed by atoms with Gasteiger partial charge in [-0.2, -0.15) is 0 Å². The van der Waals surface area contributed by atoms with Crippen molar-refractivity contribution in [1.29, 1.82) is 0 Å². The first kappa shape index (κ1) is 25.7. The number of rotatable bonds is 9. The maximum atomic E-state index is 14.4. The van der Waals surface area contributed by atoms with Crippen molar-refractivity contribution in [3.05, 3.63) is 65.5 Å². The first-order chi connectivity index (χ1) is 16.1. The molecule has 0 heterocycles. The second-order valence-electron chi connectivity index (χ2n) is 8.90. The Bertz CT molecular complexity index is 1130. The minimum Gasteiger partial charge on any atom is -0.352 e. The fraction of sp³-hybridized carbons (Fsp3) is 0.440. The molecule has 1 fully saturated rings. The molecule has 0 spiro atoms. The third-order valence-electron chi connectivity index (χ3n) is 6.10. The Labute approximate surface area is 201 Å². The van der Waals surface area contributed by atoms with Gasteiger partial charge in [-0.05, 0) is 44.4 Å². The summed E-state index contributed by atoms with van der Waals surface area (Å²) in [5.41, 5.74) is 1.60. The normalized spacial score (nSPS) is 15.1. The van der Waals surface area contributed by atoms with E-state index < -0.39 is 34.3 Å². The van der Waals surface area contributed by atoms with Crippen LogP contribution in [0.15, 0.2) is 48.5 Å². The van der Waals surface area contributed by atoms with Gasteiger partial charge in [0.1, 0.15) is 18.4 Å². The highest BCUT2D eigenvalue weighted by Gasteiger charge is 2.32. The lowest BCUT2D eigenvalue weighted by Crippen LogP contribution is -2.52. The number of nitrogens with zero attached hydrogens (tertiary/aromatic N) is 2. The van der Waals surface area contributed by atoms with Crippen molar-refractivity contribution in [2.75, 3.05) is 17.1 Å². The van der Waals surface area contributed by atoms with Crippen LogP contribution in [0.2, 0.25) is 0 Å². The number of amides is 2. The fourth-order valence-electron chi connectivity index (χ4n) is 4.23. The molecular weight excluding hydrogens is 457 g/mol. The number of aryl methyl sites for hydroxylation is 1. The predicted molar refractivity (Wildman–Crippen MR) is 130 cm³/mol. The SMILES string of the molecule is Cc1cccc(CN(C(=O)CN(c2ccccc2F)S(C)(=O)=O)C(C)C(=O)NC2CCCC2)c1. The molecule has 1 unspecified atom stereocenters. The number of nitrogens with one attached hydrogen (secondary N) is 1. The summed E-state index contributed by atoms with van der Waals surface area (Å²) in [6, 6.07) is 12.2. The Morgan fingerprint density at radius 2 is 1.79 bits per heavy atom. The van der Waals surface area contributed by atoms with Gasteiger partial charge < -0.3 is 10.2 Å². The molecule has 2 amide bonds. The summed E-state index contributed by atoms with van der Waals surface area (Å²) in [7, 11) is -3.97. The molecule has 0 saturated heterocycles. The van der Waals surface area contributed by atoms with E-state index in [2.05, 4.69) is 5.32 Å². The summed E-state index contributed by atoms with van der Waals surface area (Å²) in [5, 5.41) is 3.01. The highest BCUT2D eigenvalue weighted by atomic mass is 32.2. The molecule has 0 radical (unpaired) electrons. The van der Waals surface area contributed by atoms with Gasteiger partial charge in [0.05, 0.1) is 11.9 Å². The second-order valence-corrected chi connectivity index (χ2v) is 10.8. The molecule has 2 aromatic rings. The van der Waals surface area contributed by atoms with Crippen LogP contribution in [0, 0.1) is 12.7 Å². The van der Waals surface area contributed by atoms with Gasteiger partial charge in [0.25, 0.3) is 0 Å².